The number of rotatable bonds is 12. The first-order valence-corrected chi connectivity index (χ1v) is 11.3. The van der Waals surface area contributed by atoms with Crippen molar-refractivity contribution < 1.29 is 19.5 Å². The first kappa shape index (κ1) is 25.9. The van der Waals surface area contributed by atoms with Crippen molar-refractivity contribution in [2.24, 2.45) is 10.7 Å². The molecule has 1 heterocycles. The van der Waals surface area contributed by atoms with Gasteiger partial charge in [-0.1, -0.05) is 42.5 Å². The van der Waals surface area contributed by atoms with Crippen LogP contribution in [-0.4, -0.2) is 46.9 Å². The molecule has 0 spiro atoms. The largest absolute Gasteiger partial charge is 0.481 e. The van der Waals surface area contributed by atoms with Gasteiger partial charge in [-0.15, -0.1) is 0 Å². The van der Waals surface area contributed by atoms with Crippen LogP contribution in [0.15, 0.2) is 84.1 Å². The fraction of sp³-hybridized carbons (Fsp3) is 0.192. The molecular weight excluding hydrogens is 460 g/mol. The molecule has 2 amide bonds. The topological polar surface area (TPSA) is 159 Å². The molecule has 0 fully saturated rings. The number of amides is 2. The molecule has 3 rings (SSSR count). The van der Waals surface area contributed by atoms with Gasteiger partial charge in [0.1, 0.15) is 12.5 Å². The summed E-state index contributed by atoms with van der Waals surface area (Å²) in [5.41, 5.74) is 8.63. The van der Waals surface area contributed by atoms with Crippen LogP contribution < -0.4 is 21.7 Å². The zero-order valence-corrected chi connectivity index (χ0v) is 19.6. The lowest BCUT2D eigenvalue weighted by Crippen LogP contribution is -2.39. The van der Waals surface area contributed by atoms with Crippen LogP contribution in [0.4, 0.5) is 5.69 Å². The maximum Gasteiger partial charge on any atom is 0.305 e. The minimum Gasteiger partial charge on any atom is -0.481 e. The van der Waals surface area contributed by atoms with Crippen LogP contribution in [-0.2, 0) is 16.0 Å². The number of anilines is 1. The highest BCUT2D eigenvalue weighted by Crippen LogP contribution is 2.15. The third-order valence-electron chi connectivity index (χ3n) is 5.13. The van der Waals surface area contributed by atoms with Crippen LogP contribution in [0.1, 0.15) is 33.9 Å². The maximum atomic E-state index is 12.5. The number of hydrogen-bond donors (Lipinski definition) is 5. The molecule has 0 aliphatic heterocycles. The predicted molar refractivity (Wildman–Crippen MR) is 136 cm³/mol. The van der Waals surface area contributed by atoms with E-state index in [0.29, 0.717) is 29.1 Å². The average Bonchev–Trinajstić information content (AvgIpc) is 2.88. The van der Waals surface area contributed by atoms with E-state index in [4.69, 9.17) is 10.8 Å². The molecule has 6 N–H and O–H groups in total. The number of nitrogens with two attached hydrogens (primary N) is 1. The number of carbonyl (C=O) groups excluding carboxylic acids is 2. The Kier molecular flexibility index (Phi) is 9.51. The van der Waals surface area contributed by atoms with E-state index >= 15 is 0 Å². The molecule has 2 aromatic carbocycles. The summed E-state index contributed by atoms with van der Waals surface area (Å²) >= 11 is 0. The first-order valence-electron chi connectivity index (χ1n) is 11.3. The molecule has 10 nitrogen and oxygen atoms in total. The summed E-state index contributed by atoms with van der Waals surface area (Å²) in [5.74, 6) is -1.54. The van der Waals surface area contributed by atoms with Crippen LogP contribution in [0.5, 0.6) is 0 Å². The smallest absolute Gasteiger partial charge is 0.305 e. The summed E-state index contributed by atoms with van der Waals surface area (Å²) in [6.07, 6.45) is 3.28. The Morgan fingerprint density at radius 1 is 1.03 bits per heavy atom. The number of aromatic nitrogens is 1. The number of aliphatic imine (C=N–C) groups is 1. The predicted octanol–water partition coefficient (Wildman–Crippen LogP) is 2.11. The third kappa shape index (κ3) is 8.56. The van der Waals surface area contributed by atoms with Crippen molar-refractivity contribution in [3.63, 3.8) is 0 Å². The van der Waals surface area contributed by atoms with Gasteiger partial charge in [-0.05, 0) is 35.4 Å². The maximum absolute atomic E-state index is 12.5. The van der Waals surface area contributed by atoms with Crippen molar-refractivity contribution >= 4 is 29.3 Å². The Morgan fingerprint density at radius 3 is 2.56 bits per heavy atom. The molecule has 3 aromatic rings. The highest BCUT2D eigenvalue weighted by atomic mass is 16.4. The molecule has 0 aliphatic carbocycles. The van der Waals surface area contributed by atoms with E-state index in [1.54, 1.807) is 42.6 Å². The average molecular weight is 489 g/mol. The van der Waals surface area contributed by atoms with Crippen molar-refractivity contribution in [1.29, 1.82) is 0 Å². The van der Waals surface area contributed by atoms with Gasteiger partial charge in [-0.3, -0.25) is 24.4 Å². The Balaban J connectivity index is 1.50. The van der Waals surface area contributed by atoms with E-state index in [1.165, 1.54) is 6.20 Å². The van der Waals surface area contributed by atoms with E-state index < -0.39 is 23.8 Å². The number of carboxylic acids is 1. The lowest BCUT2D eigenvalue weighted by atomic mass is 10.1. The number of carboxylic acid groups (broad SMARTS) is 1. The number of nitrogens with one attached hydrogen (secondary N) is 3. The van der Waals surface area contributed by atoms with Gasteiger partial charge in [-0.2, -0.15) is 0 Å². The lowest BCUT2D eigenvalue weighted by Gasteiger charge is -2.17. The normalized spacial score (nSPS) is 11.8. The van der Waals surface area contributed by atoms with Gasteiger partial charge in [0.15, 0.2) is 0 Å². The van der Waals surface area contributed by atoms with Crippen molar-refractivity contribution in [3.05, 3.63) is 95.8 Å². The number of nitrogens with zero attached hydrogens (tertiary/aromatic N) is 2. The second-order valence-corrected chi connectivity index (χ2v) is 7.91. The number of benzene rings is 2. The Morgan fingerprint density at radius 2 is 1.83 bits per heavy atom. The standard InChI is InChI=1S/C26H28N6O4/c27-23(12-18-6-2-1-3-7-18)31-17-30-21-10-4-8-19(13-21)26(36)29-16-24(33)32-22(14-25(34)35)20-9-5-11-28-15-20/h1-11,13,15,22,30H,12,14,16-17H2,(H2,27,31)(H,29,36)(H,32,33)(H,34,35). The summed E-state index contributed by atoms with van der Waals surface area (Å²) in [7, 11) is 0. The quantitative estimate of drug-likeness (QED) is 0.193. The molecule has 1 aromatic heterocycles. The van der Waals surface area contributed by atoms with E-state index in [1.807, 2.05) is 30.3 Å². The fourth-order valence-corrected chi connectivity index (χ4v) is 3.38. The number of pyridine rings is 1. The highest BCUT2D eigenvalue weighted by molar-refractivity contribution is 5.97. The van der Waals surface area contributed by atoms with Gasteiger partial charge in [0, 0.05) is 30.1 Å². The van der Waals surface area contributed by atoms with Crippen LogP contribution in [0.3, 0.4) is 0 Å². The van der Waals surface area contributed by atoms with E-state index in [0.717, 1.165) is 5.56 Å². The summed E-state index contributed by atoms with van der Waals surface area (Å²) in [6.45, 7) is -0.0708. The number of carbonyl (C=O) groups is 3. The Labute approximate surface area is 208 Å². The molecule has 0 saturated carbocycles. The van der Waals surface area contributed by atoms with Crippen molar-refractivity contribution in [1.82, 2.24) is 15.6 Å². The van der Waals surface area contributed by atoms with Crippen LogP contribution in [0.25, 0.3) is 0 Å². The van der Waals surface area contributed by atoms with Gasteiger partial charge in [0.2, 0.25) is 5.91 Å². The molecule has 186 valence electrons. The second-order valence-electron chi connectivity index (χ2n) is 7.91. The minimum atomic E-state index is -1.07. The monoisotopic (exact) mass is 488 g/mol. The van der Waals surface area contributed by atoms with Crippen LogP contribution in [0, 0.1) is 0 Å². The zero-order valence-electron chi connectivity index (χ0n) is 19.6. The van der Waals surface area contributed by atoms with E-state index in [9.17, 15) is 14.4 Å². The van der Waals surface area contributed by atoms with Crippen molar-refractivity contribution in [2.45, 2.75) is 18.9 Å². The summed E-state index contributed by atoms with van der Waals surface area (Å²) in [5, 5.41) is 17.4. The summed E-state index contributed by atoms with van der Waals surface area (Å²) in [4.78, 5) is 44.4. The molecule has 36 heavy (non-hydrogen) atoms. The van der Waals surface area contributed by atoms with Crippen molar-refractivity contribution in [3.8, 4) is 0 Å². The Hall–Kier alpha value is -4.73. The molecular formula is C26H28N6O4. The van der Waals surface area contributed by atoms with Gasteiger partial charge < -0.3 is 26.8 Å². The molecule has 0 aliphatic rings. The first-order chi connectivity index (χ1) is 17.4. The SMILES string of the molecule is NC(Cc1ccccc1)=NCNc1cccc(C(=O)NCC(=O)NC(CC(=O)O)c2cccnc2)c1. The molecule has 10 heteroatoms. The zero-order chi connectivity index (χ0) is 25.8. The molecule has 0 radical (unpaired) electrons. The van der Waals surface area contributed by atoms with Gasteiger partial charge in [-0.25, -0.2) is 0 Å². The van der Waals surface area contributed by atoms with Gasteiger partial charge in [0.25, 0.3) is 5.91 Å². The lowest BCUT2D eigenvalue weighted by molar-refractivity contribution is -0.137. The number of aliphatic carboxylic acids is 1. The number of amidine groups is 1. The molecule has 0 saturated heterocycles. The van der Waals surface area contributed by atoms with Crippen LogP contribution >= 0.6 is 0 Å². The summed E-state index contributed by atoms with van der Waals surface area (Å²) < 4.78 is 0. The minimum absolute atomic E-state index is 0.242. The van der Waals surface area contributed by atoms with Crippen molar-refractivity contribution in [2.75, 3.05) is 18.5 Å². The van der Waals surface area contributed by atoms with Gasteiger partial charge >= 0.3 is 5.97 Å². The molecule has 1 unspecified atom stereocenters. The molecule has 0 bridgehead atoms. The second kappa shape index (κ2) is 13.2. The molecule has 1 atom stereocenters. The highest BCUT2D eigenvalue weighted by Gasteiger charge is 2.19. The fourth-order valence-electron chi connectivity index (χ4n) is 3.38. The van der Waals surface area contributed by atoms with Gasteiger partial charge in [0.05, 0.1) is 19.0 Å². The third-order valence-corrected chi connectivity index (χ3v) is 5.13. The van der Waals surface area contributed by atoms with E-state index in [2.05, 4.69) is 25.9 Å². The Bertz CT molecular complexity index is 1200. The summed E-state index contributed by atoms with van der Waals surface area (Å²) in [6, 6.07) is 19.1. The van der Waals surface area contributed by atoms with E-state index in [-0.39, 0.29) is 19.6 Å². The van der Waals surface area contributed by atoms with Crippen LogP contribution in [0.2, 0.25) is 0 Å². The number of hydrogen-bond acceptors (Lipinski definition) is 6.